The van der Waals surface area contributed by atoms with Gasteiger partial charge in [0.1, 0.15) is 0 Å². The Morgan fingerprint density at radius 1 is 1.39 bits per heavy atom. The van der Waals surface area contributed by atoms with Crippen molar-refractivity contribution in [2.75, 3.05) is 5.32 Å². The molecule has 0 saturated carbocycles. The number of amides is 1. The molecule has 0 spiro atoms. The predicted molar refractivity (Wildman–Crippen MR) is 63.7 cm³/mol. The molecule has 1 rings (SSSR count). The van der Waals surface area contributed by atoms with Gasteiger partial charge in [-0.1, -0.05) is 12.1 Å². The Kier molecular flexibility index (Phi) is 3.97. The fourth-order valence-electron chi connectivity index (χ4n) is 1.13. The maximum Gasteiger partial charge on any atom is 0.426 e. The van der Waals surface area contributed by atoms with E-state index in [-0.39, 0.29) is 5.69 Å². The molecule has 100 valence electrons. The molecule has 3 nitrogen and oxygen atoms in total. The number of thiol groups is 1. The van der Waals surface area contributed by atoms with Crippen LogP contribution in [0.2, 0.25) is 0 Å². The quantitative estimate of drug-likeness (QED) is 0.729. The Morgan fingerprint density at radius 3 is 2.44 bits per heavy atom. The average molecular weight is 279 g/mol. The lowest BCUT2D eigenvalue weighted by Gasteiger charge is -2.25. The standard InChI is InChI=1S/C11H12F3NO2S/c1-6-4-3-5-7(8(6)18)15-9(16)10(2,17)11(12,13)14/h3-5,17-18H,1-2H3,(H,15,16)/t10-/m1/s1. The Morgan fingerprint density at radius 2 is 1.94 bits per heavy atom. The summed E-state index contributed by atoms with van der Waals surface area (Å²) in [6.07, 6.45) is -5.04. The second kappa shape index (κ2) is 4.81. The van der Waals surface area contributed by atoms with Crippen LogP contribution in [0.25, 0.3) is 0 Å². The summed E-state index contributed by atoms with van der Waals surface area (Å²) in [7, 11) is 0. The summed E-state index contributed by atoms with van der Waals surface area (Å²) in [5.74, 6) is -1.55. The van der Waals surface area contributed by atoms with E-state index in [1.54, 1.807) is 19.1 Å². The van der Waals surface area contributed by atoms with E-state index < -0.39 is 17.7 Å². The maximum absolute atomic E-state index is 12.4. The Hall–Kier alpha value is -1.21. The smallest absolute Gasteiger partial charge is 0.373 e. The molecule has 1 aromatic carbocycles. The largest absolute Gasteiger partial charge is 0.426 e. The van der Waals surface area contributed by atoms with Gasteiger partial charge in [0.2, 0.25) is 5.60 Å². The van der Waals surface area contributed by atoms with E-state index in [1.165, 1.54) is 6.07 Å². The lowest BCUT2D eigenvalue weighted by Crippen LogP contribution is -2.52. The van der Waals surface area contributed by atoms with Gasteiger partial charge in [-0.3, -0.25) is 4.79 Å². The number of aryl methyl sites for hydroxylation is 1. The Labute approximate surface area is 107 Å². The lowest BCUT2D eigenvalue weighted by molar-refractivity contribution is -0.242. The first kappa shape index (κ1) is 14.8. The summed E-state index contributed by atoms with van der Waals surface area (Å²) < 4.78 is 37.3. The lowest BCUT2D eigenvalue weighted by atomic mass is 10.1. The number of aliphatic hydroxyl groups is 1. The second-order valence-corrected chi connectivity index (χ2v) is 4.44. The van der Waals surface area contributed by atoms with Crippen LogP contribution in [0.3, 0.4) is 0 Å². The number of alkyl halides is 3. The zero-order chi connectivity index (χ0) is 14.1. The van der Waals surface area contributed by atoms with E-state index in [1.807, 2.05) is 5.32 Å². The second-order valence-electron chi connectivity index (χ2n) is 4.00. The van der Waals surface area contributed by atoms with Crippen LogP contribution in [0.1, 0.15) is 12.5 Å². The van der Waals surface area contributed by atoms with Crippen LogP contribution in [-0.2, 0) is 4.79 Å². The number of rotatable bonds is 2. The molecule has 0 heterocycles. The third-order valence-electron chi connectivity index (χ3n) is 2.48. The van der Waals surface area contributed by atoms with Gasteiger partial charge in [-0.25, -0.2) is 0 Å². The summed E-state index contributed by atoms with van der Waals surface area (Å²) in [6.45, 7) is 2.09. The third-order valence-corrected chi connectivity index (χ3v) is 3.07. The van der Waals surface area contributed by atoms with Crippen LogP contribution in [0.15, 0.2) is 23.1 Å². The Bertz CT molecular complexity index is 472. The zero-order valence-electron chi connectivity index (χ0n) is 9.67. The van der Waals surface area contributed by atoms with Gasteiger partial charge in [-0.15, -0.1) is 12.6 Å². The van der Waals surface area contributed by atoms with Crippen molar-refractivity contribution in [2.45, 2.75) is 30.5 Å². The zero-order valence-corrected chi connectivity index (χ0v) is 10.6. The van der Waals surface area contributed by atoms with E-state index in [9.17, 15) is 23.1 Å². The number of anilines is 1. The maximum atomic E-state index is 12.4. The fourth-order valence-corrected chi connectivity index (χ4v) is 1.34. The first-order chi connectivity index (χ1) is 8.07. The number of nitrogens with one attached hydrogen (secondary N) is 1. The SMILES string of the molecule is Cc1cccc(NC(=O)[C@@](C)(O)C(F)(F)F)c1S. The van der Waals surface area contributed by atoms with E-state index in [0.29, 0.717) is 17.4 Å². The minimum absolute atomic E-state index is 0.118. The highest BCUT2D eigenvalue weighted by molar-refractivity contribution is 7.80. The summed E-state index contributed by atoms with van der Waals surface area (Å²) in [4.78, 5) is 11.8. The summed E-state index contributed by atoms with van der Waals surface area (Å²) >= 11 is 4.08. The molecule has 7 heteroatoms. The number of hydrogen-bond acceptors (Lipinski definition) is 3. The van der Waals surface area contributed by atoms with E-state index >= 15 is 0 Å². The monoisotopic (exact) mass is 279 g/mol. The molecule has 0 fully saturated rings. The van der Waals surface area contributed by atoms with E-state index in [2.05, 4.69) is 12.6 Å². The van der Waals surface area contributed by atoms with Crippen molar-refractivity contribution < 1.29 is 23.1 Å². The molecule has 0 aliphatic rings. The van der Waals surface area contributed by atoms with Gasteiger partial charge in [0.25, 0.3) is 5.91 Å². The molecule has 18 heavy (non-hydrogen) atoms. The molecule has 1 amide bonds. The molecule has 0 radical (unpaired) electrons. The number of halogens is 3. The molecular formula is C11H12F3NO2S. The molecule has 0 aliphatic carbocycles. The molecule has 2 N–H and O–H groups in total. The molecule has 1 atom stereocenters. The van der Waals surface area contributed by atoms with Crippen LogP contribution in [0, 0.1) is 6.92 Å². The van der Waals surface area contributed by atoms with Gasteiger partial charge in [-0.2, -0.15) is 13.2 Å². The van der Waals surface area contributed by atoms with Crippen molar-refractivity contribution in [1.82, 2.24) is 0 Å². The minimum atomic E-state index is -5.04. The number of benzene rings is 1. The third kappa shape index (κ3) is 2.78. The van der Waals surface area contributed by atoms with Crippen LogP contribution in [0.5, 0.6) is 0 Å². The van der Waals surface area contributed by atoms with Crippen LogP contribution in [0.4, 0.5) is 18.9 Å². The molecule has 0 bridgehead atoms. The van der Waals surface area contributed by atoms with E-state index in [0.717, 1.165) is 0 Å². The molecule has 0 aliphatic heterocycles. The first-order valence-corrected chi connectivity index (χ1v) is 5.41. The van der Waals surface area contributed by atoms with Crippen molar-refractivity contribution in [3.63, 3.8) is 0 Å². The van der Waals surface area contributed by atoms with Gasteiger partial charge >= 0.3 is 6.18 Å². The highest BCUT2D eigenvalue weighted by Crippen LogP contribution is 2.32. The first-order valence-electron chi connectivity index (χ1n) is 4.96. The molecular weight excluding hydrogens is 267 g/mol. The average Bonchev–Trinajstić information content (AvgIpc) is 2.23. The number of carbonyl (C=O) groups excluding carboxylic acids is 1. The van der Waals surface area contributed by atoms with Crippen LogP contribution < -0.4 is 5.32 Å². The molecule has 0 aromatic heterocycles. The highest BCUT2D eigenvalue weighted by atomic mass is 32.1. The van der Waals surface area contributed by atoms with Crippen molar-refractivity contribution in [1.29, 1.82) is 0 Å². The van der Waals surface area contributed by atoms with Gasteiger partial charge in [-0.05, 0) is 25.5 Å². The summed E-state index contributed by atoms with van der Waals surface area (Å²) in [5.41, 5.74) is -2.63. The van der Waals surface area contributed by atoms with Crippen molar-refractivity contribution in [3.05, 3.63) is 23.8 Å². The van der Waals surface area contributed by atoms with Gasteiger partial charge in [0.15, 0.2) is 0 Å². The van der Waals surface area contributed by atoms with Crippen molar-refractivity contribution in [2.24, 2.45) is 0 Å². The fraction of sp³-hybridized carbons (Fsp3) is 0.364. The molecule has 1 aromatic rings. The van der Waals surface area contributed by atoms with Crippen molar-refractivity contribution in [3.8, 4) is 0 Å². The summed E-state index contributed by atoms with van der Waals surface area (Å²) in [6, 6.07) is 4.66. The number of hydrogen-bond donors (Lipinski definition) is 3. The highest BCUT2D eigenvalue weighted by Gasteiger charge is 2.55. The molecule has 0 saturated heterocycles. The van der Waals surface area contributed by atoms with Crippen LogP contribution >= 0.6 is 12.6 Å². The van der Waals surface area contributed by atoms with Gasteiger partial charge in [0, 0.05) is 4.90 Å². The van der Waals surface area contributed by atoms with Gasteiger partial charge < -0.3 is 10.4 Å². The van der Waals surface area contributed by atoms with Gasteiger partial charge in [0.05, 0.1) is 5.69 Å². The summed E-state index contributed by atoms with van der Waals surface area (Å²) in [5, 5.41) is 11.2. The topological polar surface area (TPSA) is 49.3 Å². The normalized spacial score (nSPS) is 15.1. The molecule has 0 unspecified atom stereocenters. The Balaban J connectivity index is 2.99. The number of carbonyl (C=O) groups is 1. The van der Waals surface area contributed by atoms with Crippen LogP contribution in [-0.4, -0.2) is 22.8 Å². The van der Waals surface area contributed by atoms with E-state index in [4.69, 9.17) is 0 Å². The predicted octanol–water partition coefficient (Wildman–Crippen LogP) is 2.54. The van der Waals surface area contributed by atoms with Crippen molar-refractivity contribution >= 4 is 24.2 Å². The minimum Gasteiger partial charge on any atom is -0.373 e.